The van der Waals surface area contributed by atoms with Crippen LogP contribution < -0.4 is 0 Å². The van der Waals surface area contributed by atoms with Crippen LogP contribution in [0.1, 0.15) is 6.92 Å². The summed E-state index contributed by atoms with van der Waals surface area (Å²) in [4.78, 5) is 8.44. The van der Waals surface area contributed by atoms with Gasteiger partial charge in [0, 0.05) is 7.11 Å². The first-order valence-corrected chi connectivity index (χ1v) is 5.54. The number of ether oxygens (including phenoxy) is 2. The molecule has 1 aliphatic heterocycles. The van der Waals surface area contributed by atoms with Crippen LogP contribution in [-0.4, -0.2) is 48.1 Å². The van der Waals surface area contributed by atoms with Gasteiger partial charge in [-0.05, 0) is 6.92 Å². The number of aliphatic hydroxyl groups is 1. The average Bonchev–Trinajstić information content (AvgIpc) is 2.38. The Morgan fingerprint density at radius 2 is 2.21 bits per heavy atom. The Kier molecular flexibility index (Phi) is 4.50. The van der Waals surface area contributed by atoms with E-state index in [4.69, 9.17) is 14.4 Å². The minimum atomic E-state index is -2.97. The summed E-state index contributed by atoms with van der Waals surface area (Å²) < 4.78 is 25.1. The van der Waals surface area contributed by atoms with Gasteiger partial charge in [-0.3, -0.25) is 4.57 Å². The summed E-state index contributed by atoms with van der Waals surface area (Å²) in [5, 5.41) is 9.63. The Labute approximate surface area is 82.7 Å². The van der Waals surface area contributed by atoms with Crippen molar-refractivity contribution >= 4 is 8.25 Å². The van der Waals surface area contributed by atoms with Gasteiger partial charge in [0.15, 0.2) is 0 Å². The molecule has 2 N–H and O–H groups in total. The van der Waals surface area contributed by atoms with Crippen molar-refractivity contribution in [3.05, 3.63) is 0 Å². The van der Waals surface area contributed by atoms with Gasteiger partial charge in [-0.2, -0.15) is 0 Å². The summed E-state index contributed by atoms with van der Waals surface area (Å²) in [7, 11) is -1.49. The SMILES string of the molecule is CO[C@@H]1[C@H](O)[C@@H](CO[PH](=O)O)O[C@H]1C. The molecule has 0 aliphatic carbocycles. The van der Waals surface area contributed by atoms with Gasteiger partial charge in [0.2, 0.25) is 0 Å². The molecule has 1 rings (SSSR count). The average molecular weight is 226 g/mol. The lowest BCUT2D eigenvalue weighted by Gasteiger charge is -2.15. The van der Waals surface area contributed by atoms with E-state index < -0.39 is 26.6 Å². The minimum Gasteiger partial charge on any atom is -0.387 e. The van der Waals surface area contributed by atoms with E-state index in [1.807, 2.05) is 0 Å². The van der Waals surface area contributed by atoms with Gasteiger partial charge in [0.05, 0.1) is 12.7 Å². The van der Waals surface area contributed by atoms with E-state index in [2.05, 4.69) is 4.52 Å². The molecule has 0 aromatic rings. The number of rotatable bonds is 4. The van der Waals surface area contributed by atoms with Gasteiger partial charge in [0.25, 0.3) is 0 Å². The van der Waals surface area contributed by atoms with E-state index in [-0.39, 0.29) is 12.7 Å². The first-order valence-electron chi connectivity index (χ1n) is 4.28. The molecule has 1 heterocycles. The van der Waals surface area contributed by atoms with Crippen molar-refractivity contribution in [2.45, 2.75) is 31.3 Å². The zero-order valence-electron chi connectivity index (χ0n) is 8.04. The molecule has 84 valence electrons. The van der Waals surface area contributed by atoms with Crippen LogP contribution in [0, 0.1) is 0 Å². The van der Waals surface area contributed by atoms with Gasteiger partial charge in [-0.1, -0.05) is 0 Å². The maximum atomic E-state index is 10.3. The van der Waals surface area contributed by atoms with E-state index in [0.717, 1.165) is 0 Å². The van der Waals surface area contributed by atoms with Crippen LogP contribution in [-0.2, 0) is 18.6 Å². The lowest BCUT2D eigenvalue weighted by molar-refractivity contribution is -0.0118. The maximum absolute atomic E-state index is 10.3. The third kappa shape index (κ3) is 2.76. The van der Waals surface area contributed by atoms with Crippen molar-refractivity contribution in [1.29, 1.82) is 0 Å². The van der Waals surface area contributed by atoms with Crippen LogP contribution in [0.2, 0.25) is 0 Å². The van der Waals surface area contributed by atoms with E-state index in [0.29, 0.717) is 0 Å². The molecule has 5 atom stereocenters. The molecule has 1 unspecified atom stereocenters. The predicted molar refractivity (Wildman–Crippen MR) is 48.3 cm³/mol. The molecule has 0 amide bonds. The monoisotopic (exact) mass is 226 g/mol. The van der Waals surface area contributed by atoms with Crippen molar-refractivity contribution in [1.82, 2.24) is 0 Å². The molecule has 0 saturated carbocycles. The standard InChI is InChI=1S/C7H15O6P/c1-4-7(11-2)6(8)5(13-4)3-12-14(9)10/h4-8,14H,3H2,1-2H3,(H,9,10)/t4-,5+,6+,7-/m0/s1. The Hall–Kier alpha value is 0.0300. The highest BCUT2D eigenvalue weighted by atomic mass is 31.1. The van der Waals surface area contributed by atoms with Gasteiger partial charge in [0.1, 0.15) is 18.3 Å². The van der Waals surface area contributed by atoms with Gasteiger partial charge in [-0.15, -0.1) is 0 Å². The van der Waals surface area contributed by atoms with Gasteiger partial charge < -0.3 is 24.0 Å². The molecule has 7 heteroatoms. The number of aliphatic hydroxyl groups excluding tert-OH is 1. The highest BCUT2D eigenvalue weighted by molar-refractivity contribution is 7.32. The van der Waals surface area contributed by atoms with Crippen LogP contribution in [0.3, 0.4) is 0 Å². The van der Waals surface area contributed by atoms with Crippen molar-refractivity contribution < 1.29 is 28.6 Å². The number of hydrogen-bond acceptors (Lipinski definition) is 5. The summed E-state index contributed by atoms with van der Waals surface area (Å²) in [6.07, 6.45) is -2.08. The molecular formula is C7H15O6P. The minimum absolute atomic E-state index is 0.0976. The van der Waals surface area contributed by atoms with Crippen LogP contribution in [0.5, 0.6) is 0 Å². The zero-order chi connectivity index (χ0) is 10.7. The summed E-state index contributed by atoms with van der Waals surface area (Å²) in [6, 6.07) is 0. The first-order chi connectivity index (χ1) is 6.56. The molecule has 1 fully saturated rings. The van der Waals surface area contributed by atoms with Crippen molar-refractivity contribution in [3.63, 3.8) is 0 Å². The molecule has 0 spiro atoms. The molecule has 6 nitrogen and oxygen atoms in total. The molecule has 0 bridgehead atoms. The van der Waals surface area contributed by atoms with Gasteiger partial charge in [-0.25, -0.2) is 0 Å². The quantitative estimate of drug-likeness (QED) is 0.631. The molecule has 0 aromatic carbocycles. The molecule has 1 saturated heterocycles. The van der Waals surface area contributed by atoms with Crippen molar-refractivity contribution in [3.8, 4) is 0 Å². The lowest BCUT2D eigenvalue weighted by atomic mass is 10.1. The first kappa shape index (κ1) is 12.1. The largest absolute Gasteiger partial charge is 0.387 e. The van der Waals surface area contributed by atoms with Crippen molar-refractivity contribution in [2.75, 3.05) is 13.7 Å². The highest BCUT2D eigenvalue weighted by Crippen LogP contribution is 2.26. The molecule has 0 aromatic heterocycles. The van der Waals surface area contributed by atoms with Gasteiger partial charge >= 0.3 is 8.25 Å². The second kappa shape index (κ2) is 5.21. The fourth-order valence-electron chi connectivity index (χ4n) is 1.55. The normalized spacial score (nSPS) is 40.0. The van der Waals surface area contributed by atoms with E-state index >= 15 is 0 Å². The summed E-state index contributed by atoms with van der Waals surface area (Å²) in [5.41, 5.74) is 0. The Bertz CT molecular complexity index is 210. The summed E-state index contributed by atoms with van der Waals surface area (Å²) in [5.74, 6) is 0. The maximum Gasteiger partial charge on any atom is 0.316 e. The Morgan fingerprint density at radius 1 is 1.57 bits per heavy atom. The third-order valence-electron chi connectivity index (χ3n) is 2.21. The lowest BCUT2D eigenvalue weighted by Crippen LogP contribution is -2.35. The second-order valence-electron chi connectivity index (χ2n) is 3.15. The molecular weight excluding hydrogens is 211 g/mol. The van der Waals surface area contributed by atoms with E-state index in [9.17, 15) is 9.67 Å². The number of methoxy groups -OCH3 is 1. The molecule has 14 heavy (non-hydrogen) atoms. The topological polar surface area (TPSA) is 85.2 Å². The summed E-state index contributed by atoms with van der Waals surface area (Å²) >= 11 is 0. The summed E-state index contributed by atoms with van der Waals surface area (Å²) in [6.45, 7) is 1.67. The van der Waals surface area contributed by atoms with E-state index in [1.165, 1.54) is 7.11 Å². The van der Waals surface area contributed by atoms with Crippen LogP contribution >= 0.6 is 8.25 Å². The van der Waals surface area contributed by atoms with Crippen molar-refractivity contribution in [2.24, 2.45) is 0 Å². The third-order valence-corrected chi connectivity index (χ3v) is 2.63. The smallest absolute Gasteiger partial charge is 0.316 e. The molecule has 1 aliphatic rings. The van der Waals surface area contributed by atoms with Crippen LogP contribution in [0.4, 0.5) is 0 Å². The Morgan fingerprint density at radius 3 is 2.64 bits per heavy atom. The number of hydrogen-bond donors (Lipinski definition) is 2. The fourth-order valence-corrected chi connectivity index (χ4v) is 1.85. The fraction of sp³-hybridized carbons (Fsp3) is 1.00. The Balaban J connectivity index is 2.44. The van der Waals surface area contributed by atoms with E-state index in [1.54, 1.807) is 6.92 Å². The van der Waals surface area contributed by atoms with Crippen LogP contribution in [0.15, 0.2) is 0 Å². The predicted octanol–water partition coefficient (Wildman–Crippen LogP) is -0.452. The second-order valence-corrected chi connectivity index (χ2v) is 3.97. The highest BCUT2D eigenvalue weighted by Gasteiger charge is 2.41. The molecule has 0 radical (unpaired) electrons. The zero-order valence-corrected chi connectivity index (χ0v) is 9.04. The van der Waals surface area contributed by atoms with Crippen LogP contribution in [0.25, 0.3) is 0 Å².